The fourth-order valence-electron chi connectivity index (χ4n) is 3.17. The van der Waals surface area contributed by atoms with E-state index in [2.05, 4.69) is 34.1 Å². The van der Waals surface area contributed by atoms with Gasteiger partial charge in [-0.15, -0.1) is 0 Å². The molecule has 3 rings (SSSR count). The summed E-state index contributed by atoms with van der Waals surface area (Å²) in [5.74, 6) is 1.46. The fraction of sp³-hybridized carbons (Fsp3) is 0.350. The molecule has 5 nitrogen and oxygen atoms in total. The highest BCUT2D eigenvalue weighted by Gasteiger charge is 2.16. The molecule has 2 aromatic carbocycles. The van der Waals surface area contributed by atoms with Crippen molar-refractivity contribution in [3.05, 3.63) is 42.5 Å². The molecule has 0 atom stereocenters. The first-order valence-electron chi connectivity index (χ1n) is 8.48. The maximum atomic E-state index is 10.6. The van der Waals surface area contributed by atoms with Crippen LogP contribution in [-0.2, 0) is 4.79 Å². The quantitative estimate of drug-likeness (QED) is 0.757. The van der Waals surface area contributed by atoms with Crippen LogP contribution < -0.4 is 14.4 Å². The molecular formula is C20H24N2O3. The molecule has 1 aliphatic heterocycles. The third-order valence-corrected chi connectivity index (χ3v) is 4.65. The molecule has 1 aliphatic rings. The summed E-state index contributed by atoms with van der Waals surface area (Å²) in [7, 11) is 3.29. The zero-order valence-electron chi connectivity index (χ0n) is 14.8. The third-order valence-electron chi connectivity index (χ3n) is 4.65. The molecule has 5 heteroatoms. The molecule has 1 fully saturated rings. The maximum absolute atomic E-state index is 10.6. The summed E-state index contributed by atoms with van der Waals surface area (Å²) >= 11 is 0. The number of methoxy groups -OCH3 is 2. The number of benzene rings is 2. The van der Waals surface area contributed by atoms with E-state index in [4.69, 9.17) is 9.47 Å². The average Bonchev–Trinajstić information content (AvgIpc) is 2.68. The second-order valence-electron chi connectivity index (χ2n) is 6.07. The zero-order chi connectivity index (χ0) is 17.6. The lowest BCUT2D eigenvalue weighted by molar-refractivity contribution is -0.108. The van der Waals surface area contributed by atoms with E-state index in [0.717, 1.165) is 55.1 Å². The van der Waals surface area contributed by atoms with Crippen molar-refractivity contribution >= 4 is 12.0 Å². The van der Waals surface area contributed by atoms with Gasteiger partial charge in [-0.25, -0.2) is 0 Å². The Balaban J connectivity index is 1.71. The van der Waals surface area contributed by atoms with Crippen molar-refractivity contribution < 1.29 is 14.3 Å². The lowest BCUT2D eigenvalue weighted by Gasteiger charge is -2.35. The van der Waals surface area contributed by atoms with Crippen LogP contribution in [0.2, 0.25) is 0 Å². The summed E-state index contributed by atoms with van der Waals surface area (Å²) in [6.45, 7) is 4.28. The highest BCUT2D eigenvalue weighted by Crippen LogP contribution is 2.33. The van der Waals surface area contributed by atoms with Crippen LogP contribution in [0, 0.1) is 0 Å². The van der Waals surface area contributed by atoms with Crippen molar-refractivity contribution in [1.29, 1.82) is 0 Å². The number of nitrogens with zero attached hydrogens (tertiary/aromatic N) is 2. The molecule has 1 heterocycles. The van der Waals surface area contributed by atoms with Crippen LogP contribution in [0.25, 0.3) is 11.1 Å². The Morgan fingerprint density at radius 2 is 1.52 bits per heavy atom. The molecule has 0 N–H and O–H groups in total. The second-order valence-corrected chi connectivity index (χ2v) is 6.07. The number of ether oxygens (including phenoxy) is 2. The molecule has 132 valence electrons. The van der Waals surface area contributed by atoms with Crippen molar-refractivity contribution in [1.82, 2.24) is 4.90 Å². The van der Waals surface area contributed by atoms with E-state index >= 15 is 0 Å². The van der Waals surface area contributed by atoms with Crippen molar-refractivity contribution in [2.75, 3.05) is 51.8 Å². The second kappa shape index (κ2) is 8.03. The van der Waals surface area contributed by atoms with Crippen molar-refractivity contribution in [2.24, 2.45) is 0 Å². The normalized spacial score (nSPS) is 15.0. The smallest absolute Gasteiger partial charge is 0.161 e. The first-order chi connectivity index (χ1) is 12.2. The molecular weight excluding hydrogens is 316 g/mol. The summed E-state index contributed by atoms with van der Waals surface area (Å²) in [4.78, 5) is 15.2. The number of aldehydes is 1. The summed E-state index contributed by atoms with van der Waals surface area (Å²) < 4.78 is 10.7. The monoisotopic (exact) mass is 340 g/mol. The van der Waals surface area contributed by atoms with Gasteiger partial charge >= 0.3 is 0 Å². The Bertz CT molecular complexity index is 707. The zero-order valence-corrected chi connectivity index (χ0v) is 14.8. The summed E-state index contributed by atoms with van der Waals surface area (Å²) in [6.07, 6.45) is 0.980. The SMILES string of the molecule is COc1ccc(-c2ccc(N3CCN(CC=O)CC3)cc2)cc1OC. The summed E-state index contributed by atoms with van der Waals surface area (Å²) in [5.41, 5.74) is 3.46. The van der Waals surface area contributed by atoms with Crippen molar-refractivity contribution in [3.63, 3.8) is 0 Å². The van der Waals surface area contributed by atoms with E-state index in [0.29, 0.717) is 6.54 Å². The number of carbonyl (C=O) groups excluding carboxylic acids is 1. The van der Waals surface area contributed by atoms with Gasteiger partial charge in [0.1, 0.15) is 6.29 Å². The Labute approximate surface area is 148 Å². The summed E-state index contributed by atoms with van der Waals surface area (Å²) in [6, 6.07) is 14.5. The number of carbonyl (C=O) groups is 1. The molecule has 0 unspecified atom stereocenters. The molecule has 2 aromatic rings. The van der Waals surface area contributed by atoms with E-state index in [1.54, 1.807) is 14.2 Å². The van der Waals surface area contributed by atoms with Crippen LogP contribution >= 0.6 is 0 Å². The Morgan fingerprint density at radius 3 is 2.12 bits per heavy atom. The van der Waals surface area contributed by atoms with Crippen LogP contribution in [0.4, 0.5) is 5.69 Å². The molecule has 0 aromatic heterocycles. The van der Waals surface area contributed by atoms with Gasteiger partial charge in [0, 0.05) is 31.9 Å². The third kappa shape index (κ3) is 3.94. The van der Waals surface area contributed by atoms with Gasteiger partial charge in [-0.1, -0.05) is 18.2 Å². The molecule has 0 radical (unpaired) electrons. The number of piperazine rings is 1. The van der Waals surface area contributed by atoms with Crippen LogP contribution in [0.15, 0.2) is 42.5 Å². The van der Waals surface area contributed by atoms with Crippen LogP contribution in [0.3, 0.4) is 0 Å². The van der Waals surface area contributed by atoms with Crippen molar-refractivity contribution in [2.45, 2.75) is 0 Å². The number of hydrogen-bond donors (Lipinski definition) is 0. The minimum Gasteiger partial charge on any atom is -0.493 e. The van der Waals surface area contributed by atoms with E-state index < -0.39 is 0 Å². The van der Waals surface area contributed by atoms with Crippen LogP contribution in [-0.4, -0.2) is 58.1 Å². The molecule has 0 spiro atoms. The highest BCUT2D eigenvalue weighted by atomic mass is 16.5. The Kier molecular flexibility index (Phi) is 5.56. The average molecular weight is 340 g/mol. The maximum Gasteiger partial charge on any atom is 0.161 e. The first kappa shape index (κ1) is 17.3. The molecule has 0 aliphatic carbocycles. The standard InChI is InChI=1S/C20H24N2O3/c1-24-19-8-5-17(15-20(19)25-2)16-3-6-18(7-4-16)22-11-9-21(10-12-22)13-14-23/h3-8,14-15H,9-13H2,1-2H3. The van der Waals surface area contributed by atoms with Gasteiger partial charge in [0.25, 0.3) is 0 Å². The lowest BCUT2D eigenvalue weighted by Crippen LogP contribution is -2.46. The Morgan fingerprint density at radius 1 is 0.880 bits per heavy atom. The molecule has 25 heavy (non-hydrogen) atoms. The molecule has 0 amide bonds. The van der Waals surface area contributed by atoms with E-state index in [1.807, 2.05) is 18.2 Å². The van der Waals surface area contributed by atoms with Gasteiger partial charge in [0.05, 0.1) is 20.8 Å². The Hall–Kier alpha value is -2.53. The minimum absolute atomic E-state index is 0.534. The van der Waals surface area contributed by atoms with Gasteiger partial charge in [0.2, 0.25) is 0 Å². The predicted molar refractivity (Wildman–Crippen MR) is 99.7 cm³/mol. The van der Waals surface area contributed by atoms with E-state index in [1.165, 1.54) is 5.69 Å². The molecule has 0 bridgehead atoms. The van der Waals surface area contributed by atoms with Gasteiger partial charge < -0.3 is 19.2 Å². The van der Waals surface area contributed by atoms with E-state index in [-0.39, 0.29) is 0 Å². The van der Waals surface area contributed by atoms with Crippen LogP contribution in [0.1, 0.15) is 0 Å². The van der Waals surface area contributed by atoms with E-state index in [9.17, 15) is 4.79 Å². The van der Waals surface area contributed by atoms with Gasteiger partial charge in [0.15, 0.2) is 11.5 Å². The number of rotatable bonds is 6. The number of anilines is 1. The number of hydrogen-bond acceptors (Lipinski definition) is 5. The predicted octanol–water partition coefficient (Wildman–Crippen LogP) is 2.69. The van der Waals surface area contributed by atoms with Crippen LogP contribution in [0.5, 0.6) is 11.5 Å². The molecule has 1 saturated heterocycles. The summed E-state index contributed by atoms with van der Waals surface area (Å²) in [5, 5.41) is 0. The first-order valence-corrected chi connectivity index (χ1v) is 8.48. The fourth-order valence-corrected chi connectivity index (χ4v) is 3.17. The topological polar surface area (TPSA) is 42.0 Å². The van der Waals surface area contributed by atoms with Gasteiger partial charge in [-0.05, 0) is 35.4 Å². The molecule has 0 saturated carbocycles. The minimum atomic E-state index is 0.534. The highest BCUT2D eigenvalue weighted by molar-refractivity contribution is 5.69. The lowest BCUT2D eigenvalue weighted by atomic mass is 10.0. The largest absolute Gasteiger partial charge is 0.493 e. The van der Waals surface area contributed by atoms with Crippen molar-refractivity contribution in [3.8, 4) is 22.6 Å². The van der Waals surface area contributed by atoms with Gasteiger partial charge in [-0.3, -0.25) is 4.90 Å². The van der Waals surface area contributed by atoms with Gasteiger partial charge in [-0.2, -0.15) is 0 Å².